The Balaban J connectivity index is 4.18. The Morgan fingerprint density at radius 3 is 2.73 bits per heavy atom. The first kappa shape index (κ1) is 14.3. The normalized spacial score (nSPS) is 13.4. The molecule has 0 radical (unpaired) electrons. The molecule has 0 rings (SSSR count). The van der Waals surface area contributed by atoms with Crippen molar-refractivity contribution >= 4 is 11.6 Å². The standard InChI is InChI=1S/C12H21ClN2/c1-4-7-12(3)15(10-11(2)13)9-6-5-8-14/h7,11H,4-6,9-10H2,1-3H3/b12-7+. The molecular formula is C12H21ClN2. The summed E-state index contributed by atoms with van der Waals surface area (Å²) in [6.45, 7) is 8.01. The van der Waals surface area contributed by atoms with E-state index < -0.39 is 0 Å². The van der Waals surface area contributed by atoms with E-state index in [4.69, 9.17) is 16.9 Å². The molecule has 0 spiro atoms. The van der Waals surface area contributed by atoms with E-state index in [1.807, 2.05) is 6.92 Å². The second-order valence-electron chi connectivity index (χ2n) is 3.74. The van der Waals surface area contributed by atoms with Gasteiger partial charge >= 0.3 is 0 Å². The molecule has 0 fully saturated rings. The van der Waals surface area contributed by atoms with Crippen LogP contribution in [-0.4, -0.2) is 23.4 Å². The molecule has 0 heterocycles. The van der Waals surface area contributed by atoms with Crippen LogP contribution in [0.5, 0.6) is 0 Å². The lowest BCUT2D eigenvalue weighted by Gasteiger charge is -2.26. The number of halogens is 1. The SMILES string of the molecule is CC/C=C(\C)N(CCCC#N)CC(C)Cl. The van der Waals surface area contributed by atoms with Gasteiger partial charge in [0.15, 0.2) is 0 Å². The number of alkyl halides is 1. The fraction of sp³-hybridized carbons (Fsp3) is 0.750. The third-order valence-electron chi connectivity index (χ3n) is 2.19. The average molecular weight is 229 g/mol. The van der Waals surface area contributed by atoms with Gasteiger partial charge in [0.25, 0.3) is 0 Å². The quantitative estimate of drug-likeness (QED) is 0.492. The summed E-state index contributed by atoms with van der Waals surface area (Å²) in [7, 11) is 0. The van der Waals surface area contributed by atoms with Crippen LogP contribution < -0.4 is 0 Å². The Bertz CT molecular complexity index is 228. The molecule has 1 atom stereocenters. The predicted molar refractivity (Wildman–Crippen MR) is 65.8 cm³/mol. The summed E-state index contributed by atoms with van der Waals surface area (Å²) < 4.78 is 0. The third kappa shape index (κ3) is 7.27. The minimum absolute atomic E-state index is 0.146. The number of hydrogen-bond donors (Lipinski definition) is 0. The van der Waals surface area contributed by atoms with E-state index in [0.717, 1.165) is 25.9 Å². The lowest BCUT2D eigenvalue weighted by atomic mass is 10.2. The van der Waals surface area contributed by atoms with Crippen molar-refractivity contribution < 1.29 is 0 Å². The molecule has 15 heavy (non-hydrogen) atoms. The molecule has 1 unspecified atom stereocenters. The highest BCUT2D eigenvalue weighted by molar-refractivity contribution is 6.20. The number of unbranched alkanes of at least 4 members (excludes halogenated alkanes) is 1. The fourth-order valence-corrected chi connectivity index (χ4v) is 1.66. The van der Waals surface area contributed by atoms with Crippen molar-refractivity contribution in [2.24, 2.45) is 0 Å². The maximum Gasteiger partial charge on any atom is 0.0622 e. The summed E-state index contributed by atoms with van der Waals surface area (Å²) in [6, 6.07) is 2.17. The first-order chi connectivity index (χ1) is 7.11. The number of allylic oxidation sites excluding steroid dienone is 2. The molecule has 0 aliphatic rings. The number of nitrogens with zero attached hydrogens (tertiary/aromatic N) is 2. The van der Waals surface area contributed by atoms with Gasteiger partial charge in [-0.25, -0.2) is 0 Å². The third-order valence-corrected chi connectivity index (χ3v) is 2.32. The van der Waals surface area contributed by atoms with Crippen LogP contribution in [0.15, 0.2) is 11.8 Å². The summed E-state index contributed by atoms with van der Waals surface area (Å²) in [4.78, 5) is 2.26. The van der Waals surface area contributed by atoms with Gasteiger partial charge in [0.05, 0.1) is 6.07 Å². The van der Waals surface area contributed by atoms with Crippen molar-refractivity contribution in [3.05, 3.63) is 11.8 Å². The molecule has 0 aromatic heterocycles. The molecule has 86 valence electrons. The summed E-state index contributed by atoms with van der Waals surface area (Å²) in [6.07, 6.45) is 4.77. The van der Waals surface area contributed by atoms with Crippen LogP contribution in [-0.2, 0) is 0 Å². The van der Waals surface area contributed by atoms with E-state index >= 15 is 0 Å². The van der Waals surface area contributed by atoms with E-state index in [1.54, 1.807) is 0 Å². The van der Waals surface area contributed by atoms with Crippen molar-refractivity contribution in [3.8, 4) is 6.07 Å². The molecule has 0 N–H and O–H groups in total. The van der Waals surface area contributed by atoms with Gasteiger partial charge < -0.3 is 4.90 Å². The van der Waals surface area contributed by atoms with E-state index in [2.05, 4.69) is 30.9 Å². The zero-order chi connectivity index (χ0) is 11.7. The van der Waals surface area contributed by atoms with Crippen LogP contribution in [0.4, 0.5) is 0 Å². The molecule has 3 heteroatoms. The van der Waals surface area contributed by atoms with E-state index in [1.165, 1.54) is 5.70 Å². The number of hydrogen-bond acceptors (Lipinski definition) is 2. The second kappa shape index (κ2) is 8.61. The van der Waals surface area contributed by atoms with Gasteiger partial charge in [0.2, 0.25) is 0 Å². The molecule has 0 aliphatic heterocycles. The van der Waals surface area contributed by atoms with Crippen molar-refractivity contribution in [1.82, 2.24) is 4.90 Å². The molecule has 0 aromatic rings. The Morgan fingerprint density at radius 1 is 1.60 bits per heavy atom. The molecule has 0 saturated carbocycles. The minimum atomic E-state index is 0.146. The first-order valence-electron chi connectivity index (χ1n) is 5.54. The largest absolute Gasteiger partial charge is 0.374 e. The predicted octanol–water partition coefficient (Wildman–Crippen LogP) is 3.53. The monoisotopic (exact) mass is 228 g/mol. The highest BCUT2D eigenvalue weighted by Gasteiger charge is 2.07. The zero-order valence-corrected chi connectivity index (χ0v) is 10.7. The summed E-state index contributed by atoms with van der Waals surface area (Å²) >= 11 is 6.00. The highest BCUT2D eigenvalue weighted by atomic mass is 35.5. The Morgan fingerprint density at radius 2 is 2.27 bits per heavy atom. The highest BCUT2D eigenvalue weighted by Crippen LogP contribution is 2.10. The maximum absolute atomic E-state index is 8.49. The number of rotatable bonds is 7. The van der Waals surface area contributed by atoms with Gasteiger partial charge in [-0.1, -0.05) is 13.0 Å². The van der Waals surface area contributed by atoms with Crippen LogP contribution in [0.25, 0.3) is 0 Å². The molecule has 0 saturated heterocycles. The average Bonchev–Trinajstić information content (AvgIpc) is 2.16. The maximum atomic E-state index is 8.49. The van der Waals surface area contributed by atoms with Gasteiger partial charge in [-0.15, -0.1) is 11.6 Å². The first-order valence-corrected chi connectivity index (χ1v) is 5.98. The molecule has 2 nitrogen and oxygen atoms in total. The fourth-order valence-electron chi connectivity index (χ4n) is 1.49. The molecule has 0 amide bonds. The molecule has 0 aromatic carbocycles. The van der Waals surface area contributed by atoms with Gasteiger partial charge in [-0.2, -0.15) is 5.26 Å². The van der Waals surface area contributed by atoms with Crippen LogP contribution in [0.3, 0.4) is 0 Å². The Hall–Kier alpha value is -0.680. The lowest BCUT2D eigenvalue weighted by Crippen LogP contribution is -2.28. The topological polar surface area (TPSA) is 27.0 Å². The van der Waals surface area contributed by atoms with E-state index in [9.17, 15) is 0 Å². The summed E-state index contributed by atoms with van der Waals surface area (Å²) in [5.74, 6) is 0. The Labute approximate surface area is 98.5 Å². The zero-order valence-electron chi connectivity index (χ0n) is 9.96. The van der Waals surface area contributed by atoms with Gasteiger partial charge in [-0.05, 0) is 26.7 Å². The lowest BCUT2D eigenvalue weighted by molar-refractivity contribution is 0.342. The van der Waals surface area contributed by atoms with Crippen LogP contribution in [0, 0.1) is 11.3 Å². The van der Waals surface area contributed by atoms with Gasteiger partial charge in [0.1, 0.15) is 0 Å². The van der Waals surface area contributed by atoms with Gasteiger partial charge in [-0.3, -0.25) is 0 Å². The number of nitriles is 1. The van der Waals surface area contributed by atoms with Crippen molar-refractivity contribution in [2.75, 3.05) is 13.1 Å². The van der Waals surface area contributed by atoms with Crippen LogP contribution >= 0.6 is 11.6 Å². The smallest absolute Gasteiger partial charge is 0.0622 e. The van der Waals surface area contributed by atoms with Crippen LogP contribution in [0.1, 0.15) is 40.0 Å². The van der Waals surface area contributed by atoms with Crippen molar-refractivity contribution in [3.63, 3.8) is 0 Å². The van der Waals surface area contributed by atoms with Crippen molar-refractivity contribution in [1.29, 1.82) is 5.26 Å². The van der Waals surface area contributed by atoms with Crippen LogP contribution in [0.2, 0.25) is 0 Å². The molecular weight excluding hydrogens is 208 g/mol. The minimum Gasteiger partial charge on any atom is -0.374 e. The second-order valence-corrected chi connectivity index (χ2v) is 4.49. The summed E-state index contributed by atoms with van der Waals surface area (Å²) in [5, 5.41) is 8.64. The molecule has 0 bridgehead atoms. The molecule has 0 aliphatic carbocycles. The van der Waals surface area contributed by atoms with Crippen molar-refractivity contribution in [2.45, 2.75) is 45.4 Å². The summed E-state index contributed by atoms with van der Waals surface area (Å²) in [5.41, 5.74) is 1.27. The van der Waals surface area contributed by atoms with E-state index in [0.29, 0.717) is 6.42 Å². The Kier molecular flexibility index (Phi) is 8.22. The van der Waals surface area contributed by atoms with E-state index in [-0.39, 0.29) is 5.38 Å². The van der Waals surface area contributed by atoms with Gasteiger partial charge in [0, 0.05) is 30.6 Å².